The Morgan fingerprint density at radius 1 is 1.10 bits per heavy atom. The van der Waals surface area contributed by atoms with Gasteiger partial charge in [-0.3, -0.25) is 19.8 Å². The first-order valence-corrected chi connectivity index (χ1v) is 11.1. The number of piperazine rings is 1. The van der Waals surface area contributed by atoms with Crippen molar-refractivity contribution >= 4 is 21.6 Å². The third kappa shape index (κ3) is 5.57. The topological polar surface area (TPSA) is 122 Å². The molecule has 0 aromatic heterocycles. The highest BCUT2D eigenvalue weighted by Crippen LogP contribution is 2.26. The van der Waals surface area contributed by atoms with Crippen LogP contribution < -0.4 is 10.1 Å². The molecule has 1 saturated heterocycles. The van der Waals surface area contributed by atoms with Gasteiger partial charge in [0.15, 0.2) is 4.90 Å². The summed E-state index contributed by atoms with van der Waals surface area (Å²) in [6.45, 7) is 1.55. The number of nitro groups is 1. The first-order valence-electron chi connectivity index (χ1n) is 9.67. The summed E-state index contributed by atoms with van der Waals surface area (Å²) < 4.78 is 32.0. The van der Waals surface area contributed by atoms with Crippen molar-refractivity contribution < 1.29 is 22.9 Å². The molecule has 10 nitrogen and oxygen atoms in total. The van der Waals surface area contributed by atoms with Crippen LogP contribution in [0.4, 0.5) is 5.69 Å². The van der Waals surface area contributed by atoms with E-state index in [1.54, 1.807) is 7.11 Å². The highest BCUT2D eigenvalue weighted by Gasteiger charge is 2.33. The summed E-state index contributed by atoms with van der Waals surface area (Å²) in [5.74, 6) is 0.578. The Hall–Kier alpha value is -3.02. The molecule has 1 N–H and O–H groups in total. The maximum Gasteiger partial charge on any atom is 0.289 e. The van der Waals surface area contributed by atoms with Gasteiger partial charge in [0.1, 0.15) is 5.75 Å². The van der Waals surface area contributed by atoms with Crippen LogP contribution in [-0.4, -0.2) is 68.3 Å². The zero-order valence-electron chi connectivity index (χ0n) is 17.1. The number of hydrogen-bond donors (Lipinski definition) is 1. The summed E-state index contributed by atoms with van der Waals surface area (Å²) in [6.07, 6.45) is 0. The van der Waals surface area contributed by atoms with Gasteiger partial charge in [-0.25, -0.2) is 8.42 Å². The minimum Gasteiger partial charge on any atom is -0.497 e. The van der Waals surface area contributed by atoms with E-state index in [9.17, 15) is 23.3 Å². The molecule has 0 saturated carbocycles. The molecule has 0 spiro atoms. The third-order valence-electron chi connectivity index (χ3n) is 5.03. The molecule has 0 radical (unpaired) electrons. The van der Waals surface area contributed by atoms with Crippen LogP contribution in [0.25, 0.3) is 0 Å². The smallest absolute Gasteiger partial charge is 0.289 e. The standard InChI is InChI=1S/C20H24N4O6S/c1-30-17-8-6-16(7-9-17)14-21-20(25)15-22-10-12-23(13-11-22)31(28,29)19-5-3-2-4-18(19)24(26)27/h2-9H,10-15H2,1H3,(H,21,25). The highest BCUT2D eigenvalue weighted by molar-refractivity contribution is 7.89. The van der Waals surface area contributed by atoms with Gasteiger partial charge < -0.3 is 10.1 Å². The Labute approximate surface area is 180 Å². The maximum atomic E-state index is 12.9. The predicted molar refractivity (Wildman–Crippen MR) is 113 cm³/mol. The first-order chi connectivity index (χ1) is 14.8. The molecule has 1 amide bonds. The van der Waals surface area contributed by atoms with Crippen LogP contribution in [0.5, 0.6) is 5.75 Å². The summed E-state index contributed by atoms with van der Waals surface area (Å²) in [5, 5.41) is 14.0. The third-order valence-corrected chi connectivity index (χ3v) is 6.97. The number of carbonyl (C=O) groups excluding carboxylic acids is 1. The van der Waals surface area contributed by atoms with Gasteiger partial charge in [0.05, 0.1) is 18.6 Å². The molecule has 0 atom stereocenters. The normalized spacial score (nSPS) is 15.4. The van der Waals surface area contributed by atoms with Crippen LogP contribution in [0.1, 0.15) is 5.56 Å². The molecule has 2 aromatic rings. The summed E-state index contributed by atoms with van der Waals surface area (Å²) in [7, 11) is -2.40. The minimum atomic E-state index is -3.99. The minimum absolute atomic E-state index is 0.148. The molecule has 1 fully saturated rings. The van der Waals surface area contributed by atoms with E-state index in [0.717, 1.165) is 11.3 Å². The average Bonchev–Trinajstić information content (AvgIpc) is 2.78. The summed E-state index contributed by atoms with van der Waals surface area (Å²) in [6, 6.07) is 12.7. The Balaban J connectivity index is 1.52. The quantitative estimate of drug-likeness (QED) is 0.476. The van der Waals surface area contributed by atoms with Gasteiger partial charge in [-0.05, 0) is 23.8 Å². The number of para-hydroxylation sites is 1. The molecule has 0 bridgehead atoms. The van der Waals surface area contributed by atoms with Crippen LogP contribution >= 0.6 is 0 Å². The van der Waals surface area contributed by atoms with Gasteiger partial charge in [0.2, 0.25) is 15.9 Å². The number of methoxy groups -OCH3 is 1. The fourth-order valence-electron chi connectivity index (χ4n) is 3.30. The summed E-state index contributed by atoms with van der Waals surface area (Å²) in [4.78, 5) is 24.3. The first kappa shape index (κ1) is 22.7. The molecule has 3 rings (SSSR count). The number of sulfonamides is 1. The molecule has 11 heteroatoms. The molecule has 166 valence electrons. The largest absolute Gasteiger partial charge is 0.497 e. The fourth-order valence-corrected chi connectivity index (χ4v) is 4.88. The number of hydrogen-bond acceptors (Lipinski definition) is 7. The van der Waals surface area contributed by atoms with Crippen LogP contribution in [0.15, 0.2) is 53.4 Å². The predicted octanol–water partition coefficient (Wildman–Crippen LogP) is 1.23. The number of nitrogens with one attached hydrogen (secondary N) is 1. The van der Waals surface area contributed by atoms with Crippen LogP contribution in [0.2, 0.25) is 0 Å². The number of benzene rings is 2. The molecule has 1 aliphatic rings. The van der Waals surface area contributed by atoms with E-state index in [-0.39, 0.29) is 30.4 Å². The van der Waals surface area contributed by atoms with E-state index < -0.39 is 20.6 Å². The van der Waals surface area contributed by atoms with Crippen LogP contribution in [0, 0.1) is 10.1 Å². The van der Waals surface area contributed by atoms with E-state index in [1.807, 2.05) is 29.2 Å². The van der Waals surface area contributed by atoms with E-state index >= 15 is 0 Å². The Morgan fingerprint density at radius 2 is 1.74 bits per heavy atom. The SMILES string of the molecule is COc1ccc(CNC(=O)CN2CCN(S(=O)(=O)c3ccccc3[N+](=O)[O-])CC2)cc1. The van der Waals surface area contributed by atoms with Crippen molar-refractivity contribution in [3.63, 3.8) is 0 Å². The van der Waals surface area contributed by atoms with Crippen molar-refractivity contribution in [2.24, 2.45) is 0 Å². The van der Waals surface area contributed by atoms with Crippen molar-refractivity contribution in [3.8, 4) is 5.75 Å². The van der Waals surface area contributed by atoms with Crippen molar-refractivity contribution in [1.29, 1.82) is 0 Å². The van der Waals surface area contributed by atoms with Gasteiger partial charge in [-0.2, -0.15) is 4.31 Å². The fraction of sp³-hybridized carbons (Fsp3) is 0.350. The molecular weight excluding hydrogens is 424 g/mol. The Kier molecular flexibility index (Phi) is 7.21. The van der Waals surface area contributed by atoms with Crippen molar-refractivity contribution in [2.75, 3.05) is 39.8 Å². The number of nitrogens with zero attached hydrogens (tertiary/aromatic N) is 3. The zero-order chi connectivity index (χ0) is 22.4. The maximum absolute atomic E-state index is 12.9. The van der Waals surface area contributed by atoms with Crippen molar-refractivity contribution in [3.05, 3.63) is 64.2 Å². The second kappa shape index (κ2) is 9.86. The van der Waals surface area contributed by atoms with Gasteiger partial charge in [0, 0.05) is 38.8 Å². The lowest BCUT2D eigenvalue weighted by molar-refractivity contribution is -0.387. The van der Waals surface area contributed by atoms with Crippen molar-refractivity contribution in [2.45, 2.75) is 11.4 Å². The molecule has 1 heterocycles. The Bertz CT molecular complexity index is 1030. The molecule has 2 aromatic carbocycles. The van der Waals surface area contributed by atoms with E-state index in [0.29, 0.717) is 19.6 Å². The van der Waals surface area contributed by atoms with E-state index in [4.69, 9.17) is 4.74 Å². The van der Waals surface area contributed by atoms with Gasteiger partial charge in [-0.1, -0.05) is 24.3 Å². The number of carbonyl (C=O) groups is 1. The van der Waals surface area contributed by atoms with Gasteiger partial charge in [-0.15, -0.1) is 0 Å². The van der Waals surface area contributed by atoms with Crippen LogP contribution in [-0.2, 0) is 21.4 Å². The van der Waals surface area contributed by atoms with E-state index in [1.165, 1.54) is 28.6 Å². The molecule has 0 aliphatic carbocycles. The lowest BCUT2D eigenvalue weighted by atomic mass is 10.2. The van der Waals surface area contributed by atoms with Gasteiger partial charge >= 0.3 is 0 Å². The second-order valence-electron chi connectivity index (χ2n) is 7.03. The molecule has 31 heavy (non-hydrogen) atoms. The summed E-state index contributed by atoms with van der Waals surface area (Å²) >= 11 is 0. The van der Waals surface area contributed by atoms with E-state index in [2.05, 4.69) is 5.32 Å². The van der Waals surface area contributed by atoms with Gasteiger partial charge in [0.25, 0.3) is 5.69 Å². The number of amides is 1. The number of ether oxygens (including phenoxy) is 1. The zero-order valence-corrected chi connectivity index (χ0v) is 17.9. The van der Waals surface area contributed by atoms with Crippen LogP contribution in [0.3, 0.4) is 0 Å². The van der Waals surface area contributed by atoms with Crippen molar-refractivity contribution in [1.82, 2.24) is 14.5 Å². The monoisotopic (exact) mass is 448 g/mol. The molecular formula is C20H24N4O6S. The summed E-state index contributed by atoms with van der Waals surface area (Å²) in [5.41, 5.74) is 0.498. The average molecular weight is 449 g/mol. The molecule has 1 aliphatic heterocycles. The number of rotatable bonds is 8. The highest BCUT2D eigenvalue weighted by atomic mass is 32.2. The second-order valence-corrected chi connectivity index (χ2v) is 8.94. The molecule has 0 unspecified atom stereocenters. The Morgan fingerprint density at radius 3 is 2.35 bits per heavy atom. The lowest BCUT2D eigenvalue weighted by Gasteiger charge is -2.33. The lowest BCUT2D eigenvalue weighted by Crippen LogP contribution is -2.51. The number of nitro benzene ring substituents is 1.